The molecular weight excluding hydrogens is 322 g/mol. The Bertz CT molecular complexity index is 883. The number of amides is 2. The van der Waals surface area contributed by atoms with Crippen LogP contribution in [0.4, 0.5) is 5.69 Å². The number of carbonyl (C=O) groups excluding carboxylic acids is 2. The fourth-order valence-electron chi connectivity index (χ4n) is 5.88. The van der Waals surface area contributed by atoms with Gasteiger partial charge in [-0.3, -0.25) is 14.5 Å². The number of nitrogens with zero attached hydrogens (tertiary/aromatic N) is 1. The lowest BCUT2D eigenvalue weighted by Gasteiger charge is -2.28. The van der Waals surface area contributed by atoms with Gasteiger partial charge in [-0.2, -0.15) is 0 Å². The number of fused-ring (bicyclic) bond motifs is 5. The van der Waals surface area contributed by atoms with E-state index in [0.717, 1.165) is 29.7 Å². The Labute approximate surface area is 154 Å². The maximum Gasteiger partial charge on any atom is 0.237 e. The van der Waals surface area contributed by atoms with E-state index in [1.54, 1.807) is 0 Å². The molecule has 2 aliphatic carbocycles. The van der Waals surface area contributed by atoms with Crippen LogP contribution in [0.15, 0.2) is 48.5 Å². The average molecular weight is 345 g/mol. The van der Waals surface area contributed by atoms with E-state index in [2.05, 4.69) is 30.3 Å². The summed E-state index contributed by atoms with van der Waals surface area (Å²) in [6, 6.07) is 16.5. The number of aryl methyl sites for hydroxylation is 2. The monoisotopic (exact) mass is 345 g/mol. The third-order valence-electron chi connectivity index (χ3n) is 6.71. The van der Waals surface area contributed by atoms with E-state index in [4.69, 9.17) is 0 Å². The number of benzene rings is 2. The zero-order valence-corrected chi connectivity index (χ0v) is 15.2. The van der Waals surface area contributed by atoms with Crippen LogP contribution in [0, 0.1) is 37.5 Å². The van der Waals surface area contributed by atoms with Gasteiger partial charge in [0.15, 0.2) is 0 Å². The largest absolute Gasteiger partial charge is 0.274 e. The van der Waals surface area contributed by atoms with Crippen LogP contribution in [0.25, 0.3) is 0 Å². The molecule has 3 fully saturated rings. The fourth-order valence-corrected chi connectivity index (χ4v) is 5.88. The van der Waals surface area contributed by atoms with Crippen LogP contribution in [0.5, 0.6) is 0 Å². The van der Waals surface area contributed by atoms with Gasteiger partial charge in [0.1, 0.15) is 0 Å². The molecule has 26 heavy (non-hydrogen) atoms. The summed E-state index contributed by atoms with van der Waals surface area (Å²) in [7, 11) is 0. The number of hydrogen-bond donors (Lipinski definition) is 0. The predicted octanol–water partition coefficient (Wildman–Crippen LogP) is 4.23. The Hall–Kier alpha value is -2.42. The standard InChI is InChI=1S/C23H23NO2/c1-13-8-14(2)10-17(9-13)24-22(25)20-16-11-18(15-6-4-3-5-7-15)19(12-16)21(20)23(24)26/h3-10,16,18-21H,11-12H2,1-2H3. The summed E-state index contributed by atoms with van der Waals surface area (Å²) in [5.41, 5.74) is 4.25. The van der Waals surface area contributed by atoms with E-state index in [9.17, 15) is 9.59 Å². The van der Waals surface area contributed by atoms with Crippen molar-refractivity contribution in [1.29, 1.82) is 0 Å². The third kappa shape index (κ3) is 2.13. The van der Waals surface area contributed by atoms with Gasteiger partial charge in [0.2, 0.25) is 11.8 Å². The van der Waals surface area contributed by atoms with Crippen molar-refractivity contribution < 1.29 is 9.59 Å². The highest BCUT2D eigenvalue weighted by Gasteiger charge is 2.64. The number of anilines is 1. The highest BCUT2D eigenvalue weighted by Crippen LogP contribution is 2.61. The molecule has 1 aliphatic heterocycles. The molecule has 132 valence electrons. The number of hydrogen-bond acceptors (Lipinski definition) is 2. The van der Waals surface area contributed by atoms with Crippen molar-refractivity contribution in [3.63, 3.8) is 0 Å². The second-order valence-electron chi connectivity index (χ2n) is 8.32. The molecule has 1 heterocycles. The summed E-state index contributed by atoms with van der Waals surface area (Å²) in [6.45, 7) is 4.02. The van der Waals surface area contributed by atoms with Crippen LogP contribution in [0.3, 0.4) is 0 Å². The summed E-state index contributed by atoms with van der Waals surface area (Å²) in [6.07, 6.45) is 2.06. The van der Waals surface area contributed by atoms with Gasteiger partial charge in [0.05, 0.1) is 17.5 Å². The highest BCUT2D eigenvalue weighted by atomic mass is 16.2. The van der Waals surface area contributed by atoms with Gasteiger partial charge in [-0.25, -0.2) is 0 Å². The van der Waals surface area contributed by atoms with Crippen LogP contribution in [0.1, 0.15) is 35.4 Å². The first-order valence-corrected chi connectivity index (χ1v) is 9.55. The first kappa shape index (κ1) is 15.8. The van der Waals surface area contributed by atoms with Gasteiger partial charge in [-0.15, -0.1) is 0 Å². The van der Waals surface area contributed by atoms with Crippen molar-refractivity contribution in [2.24, 2.45) is 23.7 Å². The lowest BCUT2D eigenvalue weighted by atomic mass is 9.73. The number of imide groups is 1. The summed E-state index contributed by atoms with van der Waals surface area (Å²) in [5, 5.41) is 0. The molecule has 2 amide bonds. The molecule has 3 heteroatoms. The molecule has 5 rings (SSSR count). The first-order valence-electron chi connectivity index (χ1n) is 9.55. The molecule has 1 saturated heterocycles. The molecule has 0 radical (unpaired) electrons. The smallest absolute Gasteiger partial charge is 0.237 e. The molecular formula is C23H23NO2. The van der Waals surface area contributed by atoms with Crippen molar-refractivity contribution >= 4 is 17.5 Å². The lowest BCUT2D eigenvalue weighted by molar-refractivity contribution is -0.123. The Kier molecular flexibility index (Phi) is 3.37. The van der Waals surface area contributed by atoms with Crippen LogP contribution < -0.4 is 4.90 Å². The number of carbonyl (C=O) groups is 2. The van der Waals surface area contributed by atoms with E-state index < -0.39 is 0 Å². The van der Waals surface area contributed by atoms with Gasteiger partial charge >= 0.3 is 0 Å². The molecule has 5 unspecified atom stereocenters. The Balaban J connectivity index is 1.51. The highest BCUT2D eigenvalue weighted by molar-refractivity contribution is 6.22. The van der Waals surface area contributed by atoms with Gasteiger partial charge in [0.25, 0.3) is 0 Å². The minimum atomic E-state index is -0.132. The van der Waals surface area contributed by atoms with Crippen molar-refractivity contribution in [3.05, 3.63) is 65.2 Å². The topological polar surface area (TPSA) is 37.4 Å². The molecule has 2 aromatic rings. The summed E-state index contributed by atoms with van der Waals surface area (Å²) in [5.74, 6) is 0.892. The van der Waals surface area contributed by atoms with Crippen molar-refractivity contribution in [3.8, 4) is 0 Å². The van der Waals surface area contributed by atoms with E-state index in [0.29, 0.717) is 17.8 Å². The average Bonchev–Trinajstić information content (AvgIpc) is 3.26. The van der Waals surface area contributed by atoms with Crippen LogP contribution in [-0.2, 0) is 9.59 Å². The lowest BCUT2D eigenvalue weighted by Crippen LogP contribution is -2.33. The maximum atomic E-state index is 13.3. The van der Waals surface area contributed by atoms with Crippen LogP contribution in [-0.4, -0.2) is 11.8 Å². The van der Waals surface area contributed by atoms with Crippen molar-refractivity contribution in [1.82, 2.24) is 0 Å². The molecule has 5 atom stereocenters. The molecule has 2 aromatic carbocycles. The molecule has 0 N–H and O–H groups in total. The number of rotatable bonds is 2. The minimum Gasteiger partial charge on any atom is -0.274 e. The third-order valence-corrected chi connectivity index (χ3v) is 6.71. The quantitative estimate of drug-likeness (QED) is 0.764. The Morgan fingerprint density at radius 3 is 2.19 bits per heavy atom. The van der Waals surface area contributed by atoms with Gasteiger partial charge < -0.3 is 0 Å². The maximum absolute atomic E-state index is 13.3. The predicted molar refractivity (Wildman–Crippen MR) is 101 cm³/mol. The van der Waals surface area contributed by atoms with Crippen molar-refractivity contribution in [2.75, 3.05) is 4.90 Å². The fraction of sp³-hybridized carbons (Fsp3) is 0.391. The zero-order valence-electron chi connectivity index (χ0n) is 15.2. The second-order valence-corrected chi connectivity index (χ2v) is 8.32. The normalized spacial score (nSPS) is 32.4. The Morgan fingerprint density at radius 1 is 0.846 bits per heavy atom. The molecule has 3 aliphatic rings. The van der Waals surface area contributed by atoms with E-state index in [1.165, 1.54) is 10.5 Å². The zero-order chi connectivity index (χ0) is 18.0. The van der Waals surface area contributed by atoms with Crippen LogP contribution >= 0.6 is 0 Å². The SMILES string of the molecule is Cc1cc(C)cc(N2C(=O)C3C4CC(c5ccccc5)C(C4)C3C2=O)c1. The van der Waals surface area contributed by atoms with E-state index in [1.807, 2.05) is 32.0 Å². The Morgan fingerprint density at radius 2 is 1.50 bits per heavy atom. The summed E-state index contributed by atoms with van der Waals surface area (Å²) in [4.78, 5) is 27.9. The second kappa shape index (κ2) is 5.54. The van der Waals surface area contributed by atoms with Gasteiger partial charge in [0, 0.05) is 0 Å². The summed E-state index contributed by atoms with van der Waals surface area (Å²) >= 11 is 0. The summed E-state index contributed by atoms with van der Waals surface area (Å²) < 4.78 is 0. The minimum absolute atomic E-state index is 0.0260. The van der Waals surface area contributed by atoms with E-state index >= 15 is 0 Å². The van der Waals surface area contributed by atoms with Crippen molar-refractivity contribution in [2.45, 2.75) is 32.6 Å². The molecule has 2 bridgehead atoms. The molecule has 0 aromatic heterocycles. The van der Waals surface area contributed by atoms with E-state index in [-0.39, 0.29) is 23.7 Å². The molecule has 2 saturated carbocycles. The molecule has 3 nitrogen and oxygen atoms in total. The first-order chi connectivity index (χ1) is 12.5. The molecule has 0 spiro atoms. The van der Waals surface area contributed by atoms with Crippen LogP contribution in [0.2, 0.25) is 0 Å². The van der Waals surface area contributed by atoms with Gasteiger partial charge in [-0.05, 0) is 73.3 Å². The van der Waals surface area contributed by atoms with Gasteiger partial charge in [-0.1, -0.05) is 36.4 Å².